The van der Waals surface area contributed by atoms with Crippen molar-refractivity contribution in [3.63, 3.8) is 0 Å². The highest BCUT2D eigenvalue weighted by Gasteiger charge is 2.22. The van der Waals surface area contributed by atoms with Crippen LogP contribution in [-0.4, -0.2) is 26.0 Å². The molecule has 0 fully saturated rings. The van der Waals surface area contributed by atoms with Crippen molar-refractivity contribution < 1.29 is 18.7 Å². The fourth-order valence-corrected chi connectivity index (χ4v) is 4.51. The van der Waals surface area contributed by atoms with Crippen LogP contribution in [0.3, 0.4) is 0 Å². The van der Waals surface area contributed by atoms with Gasteiger partial charge >= 0.3 is 0 Å². The van der Waals surface area contributed by atoms with E-state index in [1.54, 1.807) is 54.9 Å². The predicted octanol–water partition coefficient (Wildman–Crippen LogP) is 5.12. The number of nitrogens with one attached hydrogen (secondary N) is 2. The van der Waals surface area contributed by atoms with Crippen molar-refractivity contribution >= 4 is 16.8 Å². The second kappa shape index (κ2) is 10.5. The Bertz CT molecular complexity index is 1670. The number of rotatable bonds is 7. The first-order valence-corrected chi connectivity index (χ1v) is 11.7. The van der Waals surface area contributed by atoms with E-state index >= 15 is 0 Å². The summed E-state index contributed by atoms with van der Waals surface area (Å²) in [5, 5.41) is 22.9. The number of halogens is 2. The first kappa shape index (κ1) is 24.6. The summed E-state index contributed by atoms with van der Waals surface area (Å²) >= 11 is 0. The van der Waals surface area contributed by atoms with Crippen LogP contribution in [0.25, 0.3) is 22.0 Å². The number of nitrogens with zero attached hydrogens (tertiary/aromatic N) is 3. The molecule has 5 rings (SSSR count). The van der Waals surface area contributed by atoms with Crippen molar-refractivity contribution in [2.45, 2.75) is 18.9 Å². The van der Waals surface area contributed by atoms with E-state index in [0.717, 1.165) is 11.6 Å². The second-order valence-corrected chi connectivity index (χ2v) is 8.80. The molecule has 0 aliphatic carbocycles. The number of aromatic nitrogens is 3. The van der Waals surface area contributed by atoms with Crippen molar-refractivity contribution in [1.29, 1.82) is 5.26 Å². The third-order valence-corrected chi connectivity index (χ3v) is 6.15. The van der Waals surface area contributed by atoms with E-state index < -0.39 is 17.7 Å². The summed E-state index contributed by atoms with van der Waals surface area (Å²) < 4.78 is 28.0. The van der Waals surface area contributed by atoms with E-state index in [9.17, 15) is 23.9 Å². The molecule has 0 radical (unpaired) electrons. The lowest BCUT2D eigenvalue weighted by molar-refractivity contribution is -0.121. The molecule has 2 aromatic carbocycles. The van der Waals surface area contributed by atoms with Gasteiger partial charge in [-0.3, -0.25) is 9.78 Å². The molecule has 1 amide bonds. The molecule has 3 heterocycles. The molecule has 0 aliphatic rings. The van der Waals surface area contributed by atoms with Gasteiger partial charge in [0, 0.05) is 41.1 Å². The second-order valence-electron chi connectivity index (χ2n) is 8.80. The Labute approximate surface area is 216 Å². The average molecular weight is 510 g/mol. The minimum atomic E-state index is -0.753. The van der Waals surface area contributed by atoms with Crippen LogP contribution in [0.5, 0.6) is 5.75 Å². The van der Waals surface area contributed by atoms with Gasteiger partial charge in [-0.1, -0.05) is 6.07 Å². The Morgan fingerprint density at radius 3 is 2.66 bits per heavy atom. The van der Waals surface area contributed by atoms with Gasteiger partial charge in [0.05, 0.1) is 18.2 Å². The summed E-state index contributed by atoms with van der Waals surface area (Å²) in [4.78, 5) is 24.9. The van der Waals surface area contributed by atoms with Crippen molar-refractivity contribution in [3.8, 4) is 22.9 Å². The summed E-state index contributed by atoms with van der Waals surface area (Å²) in [6.07, 6.45) is 4.83. The van der Waals surface area contributed by atoms with Gasteiger partial charge in [0.15, 0.2) is 0 Å². The quantitative estimate of drug-likeness (QED) is 0.282. The number of aromatic hydroxyl groups is 1. The molecule has 0 aliphatic heterocycles. The molecule has 0 saturated heterocycles. The van der Waals surface area contributed by atoms with Crippen LogP contribution in [0.2, 0.25) is 0 Å². The first-order valence-electron chi connectivity index (χ1n) is 11.7. The number of benzene rings is 2. The van der Waals surface area contributed by atoms with Crippen LogP contribution in [-0.2, 0) is 17.6 Å². The van der Waals surface area contributed by atoms with Crippen LogP contribution in [0, 0.1) is 23.0 Å². The molecule has 0 bridgehead atoms. The molecule has 7 nitrogen and oxygen atoms in total. The molecule has 5 aromatic rings. The topological polar surface area (TPSA) is 115 Å². The zero-order valence-corrected chi connectivity index (χ0v) is 20.0. The fourth-order valence-electron chi connectivity index (χ4n) is 4.51. The van der Waals surface area contributed by atoms with Gasteiger partial charge in [-0.15, -0.1) is 0 Å². The largest absolute Gasteiger partial charge is 0.508 e. The first-order chi connectivity index (χ1) is 18.4. The lowest BCUT2D eigenvalue weighted by Gasteiger charge is -2.21. The van der Waals surface area contributed by atoms with Crippen LogP contribution in [0.15, 0.2) is 79.3 Å². The Hall–Kier alpha value is -5.10. The number of hydrogen-bond acceptors (Lipinski definition) is 5. The number of hydrogen-bond donors (Lipinski definition) is 3. The molecular weight excluding hydrogens is 488 g/mol. The number of aromatic amines is 1. The Morgan fingerprint density at radius 2 is 1.87 bits per heavy atom. The molecule has 9 heteroatoms. The van der Waals surface area contributed by atoms with Crippen LogP contribution < -0.4 is 5.32 Å². The Balaban J connectivity index is 1.51. The van der Waals surface area contributed by atoms with Crippen molar-refractivity contribution in [2.75, 3.05) is 0 Å². The SMILES string of the molecule is N#Cc1cc(-c2cccnc2C(Cc2cc(F)cc(F)c2)NC(=O)Cc2c[nH]c3ccc(O)cc23)ccn1. The summed E-state index contributed by atoms with van der Waals surface area (Å²) in [5.41, 5.74) is 3.79. The zero-order chi connectivity index (χ0) is 26.6. The maximum atomic E-state index is 14.0. The summed E-state index contributed by atoms with van der Waals surface area (Å²) in [6.45, 7) is 0. The van der Waals surface area contributed by atoms with E-state index in [2.05, 4.69) is 20.3 Å². The van der Waals surface area contributed by atoms with Gasteiger partial charge in [0.1, 0.15) is 29.1 Å². The standard InChI is InChI=1S/C29H21F2N5O2/c30-20-8-17(9-21(31)13-20)10-27(29-24(2-1-6-34-29)18-5-7-33-22(11-18)15-32)36-28(38)12-19-16-35-26-4-3-23(37)14-25(19)26/h1-9,11,13-14,16,27,35,37H,10,12H2,(H,36,38). The van der Waals surface area contributed by atoms with Gasteiger partial charge in [-0.2, -0.15) is 5.26 Å². The lowest BCUT2D eigenvalue weighted by atomic mass is 9.95. The van der Waals surface area contributed by atoms with E-state index in [1.165, 1.54) is 18.3 Å². The van der Waals surface area contributed by atoms with E-state index in [4.69, 9.17) is 0 Å². The highest BCUT2D eigenvalue weighted by atomic mass is 19.1. The molecule has 1 unspecified atom stereocenters. The zero-order valence-electron chi connectivity index (χ0n) is 20.0. The molecule has 38 heavy (non-hydrogen) atoms. The smallest absolute Gasteiger partial charge is 0.225 e. The van der Waals surface area contributed by atoms with Gasteiger partial charge in [0.25, 0.3) is 0 Å². The van der Waals surface area contributed by atoms with E-state index in [-0.39, 0.29) is 30.2 Å². The molecule has 0 saturated carbocycles. The number of fused-ring (bicyclic) bond motifs is 1. The highest BCUT2D eigenvalue weighted by Crippen LogP contribution is 2.30. The third kappa shape index (κ3) is 5.34. The van der Waals surface area contributed by atoms with Crippen LogP contribution in [0.1, 0.15) is 28.6 Å². The van der Waals surface area contributed by atoms with E-state index in [0.29, 0.717) is 33.3 Å². The Morgan fingerprint density at radius 1 is 1.05 bits per heavy atom. The van der Waals surface area contributed by atoms with Crippen molar-refractivity contribution in [1.82, 2.24) is 20.3 Å². The maximum absolute atomic E-state index is 14.0. The molecule has 188 valence electrons. The van der Waals surface area contributed by atoms with Crippen molar-refractivity contribution in [3.05, 3.63) is 113 Å². The fraction of sp³-hybridized carbons (Fsp3) is 0.103. The van der Waals surface area contributed by atoms with Crippen molar-refractivity contribution in [2.24, 2.45) is 0 Å². The maximum Gasteiger partial charge on any atom is 0.225 e. The number of phenolic OH excluding ortho intramolecular Hbond substituents is 1. The van der Waals surface area contributed by atoms with Crippen LogP contribution in [0.4, 0.5) is 8.78 Å². The number of nitriles is 1. The van der Waals surface area contributed by atoms with E-state index in [1.807, 2.05) is 6.07 Å². The normalized spacial score (nSPS) is 11.7. The molecule has 0 spiro atoms. The number of pyridine rings is 2. The molecule has 1 atom stereocenters. The summed E-state index contributed by atoms with van der Waals surface area (Å²) in [5.74, 6) is -1.72. The third-order valence-electron chi connectivity index (χ3n) is 6.15. The number of phenols is 1. The summed E-state index contributed by atoms with van der Waals surface area (Å²) in [6, 6.07) is 16.2. The number of H-pyrrole nitrogens is 1. The average Bonchev–Trinajstić information content (AvgIpc) is 3.29. The van der Waals surface area contributed by atoms with Gasteiger partial charge in [0.2, 0.25) is 5.91 Å². The number of carbonyl (C=O) groups is 1. The highest BCUT2D eigenvalue weighted by molar-refractivity contribution is 5.90. The predicted molar refractivity (Wildman–Crippen MR) is 137 cm³/mol. The molecule has 3 N–H and O–H groups in total. The number of carbonyl (C=O) groups excluding carboxylic acids is 1. The molecular formula is C29H21F2N5O2. The minimum Gasteiger partial charge on any atom is -0.508 e. The lowest BCUT2D eigenvalue weighted by Crippen LogP contribution is -2.32. The minimum absolute atomic E-state index is 0.00648. The Kier molecular flexibility index (Phi) is 6.78. The number of amides is 1. The monoisotopic (exact) mass is 509 g/mol. The van der Waals surface area contributed by atoms with Gasteiger partial charge < -0.3 is 15.4 Å². The van der Waals surface area contributed by atoms with Crippen LogP contribution >= 0.6 is 0 Å². The molecule has 3 aromatic heterocycles. The summed E-state index contributed by atoms with van der Waals surface area (Å²) in [7, 11) is 0. The van der Waals surface area contributed by atoms with Gasteiger partial charge in [-0.05, 0) is 71.6 Å². The van der Waals surface area contributed by atoms with Gasteiger partial charge in [-0.25, -0.2) is 13.8 Å².